The van der Waals surface area contributed by atoms with Crippen LogP contribution in [0.15, 0.2) is 24.3 Å². The largest absolute Gasteiger partial charge is 0.339 e. The van der Waals surface area contributed by atoms with Crippen molar-refractivity contribution in [3.05, 3.63) is 47.2 Å². The smallest absolute Gasteiger partial charge is 0.235 e. The Hall–Kier alpha value is -2.44. The van der Waals surface area contributed by atoms with Crippen molar-refractivity contribution in [2.24, 2.45) is 5.41 Å². The number of nitrogens with zero attached hydrogens (tertiary/aromatic N) is 3. The van der Waals surface area contributed by atoms with Crippen LogP contribution in [0, 0.1) is 17.0 Å². The van der Waals surface area contributed by atoms with Gasteiger partial charge in [0.15, 0.2) is 0 Å². The number of hydrogen-bond acceptors (Lipinski definition) is 3. The Kier molecular flexibility index (Phi) is 3.86. The first-order valence-corrected chi connectivity index (χ1v) is 10.0. The number of alkyl halides is 1. The lowest BCUT2D eigenvalue weighted by Gasteiger charge is -2.39. The lowest BCUT2D eigenvalue weighted by molar-refractivity contribution is -0.140. The molecular weight excluding hydrogens is 379 g/mol. The highest BCUT2D eigenvalue weighted by molar-refractivity contribution is 5.92. The number of aromatic nitrogens is 2. The molecule has 1 saturated heterocycles. The third-order valence-corrected chi connectivity index (χ3v) is 7.38. The highest BCUT2D eigenvalue weighted by Gasteiger charge is 2.68. The molecule has 5 rings (SSSR count). The Morgan fingerprint density at radius 1 is 1.17 bits per heavy atom. The zero-order chi connectivity index (χ0) is 20.6. The van der Waals surface area contributed by atoms with Crippen molar-refractivity contribution >= 4 is 5.91 Å². The molecule has 2 aromatic rings. The molecule has 3 atom stereocenters. The van der Waals surface area contributed by atoms with Crippen LogP contribution in [0.4, 0.5) is 13.2 Å². The molecule has 4 nitrogen and oxygen atoms in total. The van der Waals surface area contributed by atoms with Crippen molar-refractivity contribution in [1.29, 1.82) is 0 Å². The lowest BCUT2D eigenvalue weighted by atomic mass is 9.67. The van der Waals surface area contributed by atoms with Crippen LogP contribution in [0.2, 0.25) is 0 Å². The fraction of sp³-hybridized carbons (Fsp3) is 0.500. The molecule has 3 aliphatic rings. The molecule has 0 spiro atoms. The summed E-state index contributed by atoms with van der Waals surface area (Å²) in [7, 11) is 0. The van der Waals surface area contributed by atoms with Crippen LogP contribution in [0.3, 0.4) is 0 Å². The van der Waals surface area contributed by atoms with Crippen molar-refractivity contribution in [3.63, 3.8) is 0 Å². The summed E-state index contributed by atoms with van der Waals surface area (Å²) in [6.45, 7) is 4.60. The van der Waals surface area contributed by atoms with Crippen molar-refractivity contribution in [2.75, 3.05) is 13.1 Å². The predicted octanol–water partition coefficient (Wildman–Crippen LogP) is 4.15. The maximum Gasteiger partial charge on any atom is 0.235 e. The number of carbonyl (C=O) groups is 1. The fourth-order valence-electron chi connectivity index (χ4n) is 5.83. The maximum absolute atomic E-state index is 14.3. The number of fused-ring (bicyclic) bond motifs is 5. The van der Waals surface area contributed by atoms with E-state index >= 15 is 0 Å². The highest BCUT2D eigenvalue weighted by Crippen LogP contribution is 2.68. The summed E-state index contributed by atoms with van der Waals surface area (Å²) in [5.74, 6) is -1.45. The van der Waals surface area contributed by atoms with Crippen molar-refractivity contribution < 1.29 is 18.0 Å². The monoisotopic (exact) mass is 401 g/mol. The van der Waals surface area contributed by atoms with Gasteiger partial charge in [0.25, 0.3) is 0 Å². The van der Waals surface area contributed by atoms with E-state index in [1.54, 1.807) is 11.0 Å². The van der Waals surface area contributed by atoms with Crippen molar-refractivity contribution in [1.82, 2.24) is 15.1 Å². The minimum atomic E-state index is -0.992. The normalized spacial score (nSPS) is 29.3. The van der Waals surface area contributed by atoms with Gasteiger partial charge in [-0.1, -0.05) is 19.9 Å². The maximum atomic E-state index is 14.3. The Balaban J connectivity index is 1.64. The van der Waals surface area contributed by atoms with Gasteiger partial charge in [-0.2, -0.15) is 5.10 Å². The summed E-state index contributed by atoms with van der Waals surface area (Å²) >= 11 is 0. The van der Waals surface area contributed by atoms with Crippen LogP contribution < -0.4 is 0 Å². The van der Waals surface area contributed by atoms with E-state index in [1.807, 2.05) is 13.8 Å². The second kappa shape index (κ2) is 6.03. The molecule has 2 heterocycles. The van der Waals surface area contributed by atoms with Gasteiger partial charge in [0.2, 0.25) is 5.91 Å². The summed E-state index contributed by atoms with van der Waals surface area (Å²) in [4.78, 5) is 15.2. The highest BCUT2D eigenvalue weighted by atomic mass is 19.1. The first-order chi connectivity index (χ1) is 13.8. The average molecular weight is 401 g/mol. The molecule has 1 aromatic heterocycles. The topological polar surface area (TPSA) is 46.1 Å². The van der Waals surface area contributed by atoms with Crippen LogP contribution in [-0.4, -0.2) is 40.3 Å². The Morgan fingerprint density at radius 3 is 2.55 bits per heavy atom. The lowest BCUT2D eigenvalue weighted by Crippen LogP contribution is -2.51. The molecule has 152 valence electrons. The van der Waals surface area contributed by atoms with Gasteiger partial charge in [-0.15, -0.1) is 5.10 Å². The van der Waals surface area contributed by atoms with Crippen LogP contribution >= 0.6 is 0 Å². The number of amides is 1. The van der Waals surface area contributed by atoms with E-state index in [2.05, 4.69) is 10.2 Å². The van der Waals surface area contributed by atoms with Gasteiger partial charge in [0, 0.05) is 6.54 Å². The zero-order valence-corrected chi connectivity index (χ0v) is 16.4. The third-order valence-electron chi connectivity index (χ3n) is 7.38. The Labute approximate surface area is 167 Å². The quantitative estimate of drug-likeness (QED) is 0.760. The summed E-state index contributed by atoms with van der Waals surface area (Å²) in [5.41, 5.74) is 0.0572. The van der Waals surface area contributed by atoms with Gasteiger partial charge < -0.3 is 4.90 Å². The summed E-state index contributed by atoms with van der Waals surface area (Å²) in [6.07, 6.45) is 0.777. The summed E-state index contributed by atoms with van der Waals surface area (Å²) < 4.78 is 42.3. The number of likely N-dealkylation sites (tertiary alicyclic amines) is 1. The predicted molar refractivity (Wildman–Crippen MR) is 101 cm³/mol. The van der Waals surface area contributed by atoms with Crippen molar-refractivity contribution in [2.45, 2.75) is 50.6 Å². The molecule has 1 unspecified atom stereocenters. The van der Waals surface area contributed by atoms with E-state index in [4.69, 9.17) is 0 Å². The van der Waals surface area contributed by atoms with Gasteiger partial charge >= 0.3 is 0 Å². The van der Waals surface area contributed by atoms with Crippen LogP contribution in [-0.2, 0) is 10.2 Å². The van der Waals surface area contributed by atoms with Gasteiger partial charge in [0.1, 0.15) is 17.8 Å². The molecule has 2 aliphatic carbocycles. The van der Waals surface area contributed by atoms with Crippen LogP contribution in [0.25, 0.3) is 11.3 Å². The molecule has 7 heteroatoms. The second-order valence-corrected chi connectivity index (χ2v) is 8.99. The van der Waals surface area contributed by atoms with Crippen molar-refractivity contribution in [3.8, 4) is 11.3 Å². The molecule has 2 fully saturated rings. The standard InChI is InChI=1S/C22H22F3N3O/c1-21(2)14-6-8-22(21,20(29)28-9-7-12(23)11-28)19-13(14)10-17(26-27-19)18-15(24)4-3-5-16(18)25/h3-5,10,12,14H,6-9,11H2,1-2H3/t12?,14-,22+/m1/s1. The van der Waals surface area contributed by atoms with E-state index in [0.717, 1.165) is 12.0 Å². The number of hydrogen-bond donors (Lipinski definition) is 0. The number of benzene rings is 1. The van der Waals surface area contributed by atoms with Gasteiger partial charge in [0.05, 0.1) is 28.9 Å². The molecular formula is C22H22F3N3O. The Morgan fingerprint density at radius 2 is 1.90 bits per heavy atom. The minimum Gasteiger partial charge on any atom is -0.339 e. The average Bonchev–Trinajstić information content (AvgIpc) is 3.28. The first-order valence-electron chi connectivity index (χ1n) is 10.0. The van der Waals surface area contributed by atoms with E-state index in [1.165, 1.54) is 18.2 Å². The summed E-state index contributed by atoms with van der Waals surface area (Å²) in [6, 6.07) is 5.37. The van der Waals surface area contributed by atoms with Gasteiger partial charge in [-0.25, -0.2) is 13.2 Å². The number of halogens is 3. The first kappa shape index (κ1) is 18.6. The molecule has 0 N–H and O–H groups in total. The molecule has 0 radical (unpaired) electrons. The van der Waals surface area contributed by atoms with E-state index in [9.17, 15) is 18.0 Å². The van der Waals surface area contributed by atoms with E-state index in [-0.39, 0.29) is 29.6 Å². The molecule has 1 aliphatic heterocycles. The zero-order valence-electron chi connectivity index (χ0n) is 16.4. The van der Waals surface area contributed by atoms with Crippen LogP contribution in [0.5, 0.6) is 0 Å². The molecule has 1 amide bonds. The molecule has 2 bridgehead atoms. The molecule has 1 aromatic carbocycles. The second-order valence-electron chi connectivity index (χ2n) is 8.99. The van der Waals surface area contributed by atoms with E-state index in [0.29, 0.717) is 25.1 Å². The van der Waals surface area contributed by atoms with E-state index < -0.39 is 28.6 Å². The number of carbonyl (C=O) groups excluding carboxylic acids is 1. The summed E-state index contributed by atoms with van der Waals surface area (Å²) in [5, 5.41) is 8.48. The minimum absolute atomic E-state index is 0.0364. The molecule has 29 heavy (non-hydrogen) atoms. The Bertz CT molecular complexity index is 1000. The van der Waals surface area contributed by atoms with Crippen LogP contribution in [0.1, 0.15) is 50.3 Å². The number of rotatable bonds is 2. The van der Waals surface area contributed by atoms with Gasteiger partial charge in [-0.3, -0.25) is 4.79 Å². The fourth-order valence-corrected chi connectivity index (χ4v) is 5.83. The SMILES string of the molecule is CC1(C)[C@@H]2CC[C@@]1(C(=O)N1CCC(F)C1)c1nnc(-c3c(F)cccc3F)cc12. The van der Waals surface area contributed by atoms with Gasteiger partial charge in [-0.05, 0) is 54.4 Å². The third kappa shape index (κ3) is 2.30. The molecule has 1 saturated carbocycles.